The van der Waals surface area contributed by atoms with E-state index in [2.05, 4.69) is 20.5 Å². The summed E-state index contributed by atoms with van der Waals surface area (Å²) >= 11 is 0. The average molecular weight is 328 g/mol. The van der Waals surface area contributed by atoms with Crippen LogP contribution in [0.5, 0.6) is 0 Å². The Kier molecular flexibility index (Phi) is 4.79. The molecule has 1 aliphatic rings. The van der Waals surface area contributed by atoms with Gasteiger partial charge in [-0.15, -0.1) is 0 Å². The molecule has 7 heteroatoms. The number of nitrogens with zero attached hydrogens (tertiary/aromatic N) is 2. The van der Waals surface area contributed by atoms with Crippen molar-refractivity contribution in [3.8, 4) is 0 Å². The first-order valence-corrected chi connectivity index (χ1v) is 7.98. The van der Waals surface area contributed by atoms with Crippen molar-refractivity contribution in [2.24, 2.45) is 0 Å². The summed E-state index contributed by atoms with van der Waals surface area (Å²) in [5.41, 5.74) is 0.985. The van der Waals surface area contributed by atoms with Gasteiger partial charge in [-0.25, -0.2) is 4.98 Å². The summed E-state index contributed by atoms with van der Waals surface area (Å²) in [4.78, 5) is 30.7. The number of rotatable bonds is 5. The topological polar surface area (TPSA) is 87.5 Å². The van der Waals surface area contributed by atoms with Crippen molar-refractivity contribution in [1.82, 2.24) is 10.3 Å². The van der Waals surface area contributed by atoms with Crippen molar-refractivity contribution in [2.45, 2.75) is 25.8 Å². The number of nitrogens with one attached hydrogen (secondary N) is 2. The molecule has 2 aromatic rings. The third-order valence-electron chi connectivity index (χ3n) is 3.97. The number of pyridine rings is 1. The van der Waals surface area contributed by atoms with Crippen molar-refractivity contribution >= 4 is 23.3 Å². The maximum Gasteiger partial charge on any atom is 0.255 e. The van der Waals surface area contributed by atoms with Crippen LogP contribution in [0.3, 0.4) is 0 Å². The molecule has 1 atom stereocenters. The van der Waals surface area contributed by atoms with Crippen molar-refractivity contribution in [3.63, 3.8) is 0 Å². The van der Waals surface area contributed by atoms with Crippen molar-refractivity contribution in [1.29, 1.82) is 0 Å². The molecule has 2 N–H and O–H groups in total. The minimum atomic E-state index is -0.675. The fraction of sp³-hybridized carbons (Fsp3) is 0.353. The number of carbonyl (C=O) groups is 2. The molecule has 0 spiro atoms. The third-order valence-corrected chi connectivity index (χ3v) is 3.97. The van der Waals surface area contributed by atoms with E-state index in [1.165, 1.54) is 25.4 Å². The number of amides is 2. The van der Waals surface area contributed by atoms with Crippen LogP contribution in [-0.4, -0.2) is 35.9 Å². The first-order chi connectivity index (χ1) is 11.6. The van der Waals surface area contributed by atoms with E-state index in [0.29, 0.717) is 11.3 Å². The molecule has 1 saturated heterocycles. The molecule has 0 bridgehead atoms. The van der Waals surface area contributed by atoms with Crippen LogP contribution < -0.4 is 15.5 Å². The van der Waals surface area contributed by atoms with Crippen molar-refractivity contribution in [2.75, 3.05) is 23.3 Å². The SMILES string of the molecule is C[C@@H](NC(=O)c1ccoc1)C(=O)Nc1ccc(N2CCCC2)nc1. The zero-order valence-corrected chi connectivity index (χ0v) is 13.5. The Bertz CT molecular complexity index is 691. The predicted octanol–water partition coefficient (Wildman–Crippen LogP) is 2.03. The van der Waals surface area contributed by atoms with Gasteiger partial charge in [0.05, 0.1) is 23.7 Å². The predicted molar refractivity (Wildman–Crippen MR) is 89.9 cm³/mol. The van der Waals surface area contributed by atoms with Gasteiger partial charge in [0.15, 0.2) is 0 Å². The second-order valence-corrected chi connectivity index (χ2v) is 5.80. The first-order valence-electron chi connectivity index (χ1n) is 7.98. The Morgan fingerprint density at radius 2 is 2.04 bits per heavy atom. The lowest BCUT2D eigenvalue weighted by atomic mass is 10.2. The zero-order valence-electron chi connectivity index (χ0n) is 13.5. The molecule has 7 nitrogen and oxygen atoms in total. The van der Waals surface area contributed by atoms with Crippen molar-refractivity contribution in [3.05, 3.63) is 42.5 Å². The van der Waals surface area contributed by atoms with E-state index in [9.17, 15) is 9.59 Å². The zero-order chi connectivity index (χ0) is 16.9. The van der Waals surface area contributed by atoms with E-state index in [1.807, 2.05) is 12.1 Å². The van der Waals surface area contributed by atoms with E-state index in [0.717, 1.165) is 18.9 Å². The molecule has 0 aliphatic carbocycles. The second-order valence-electron chi connectivity index (χ2n) is 5.80. The number of aromatic nitrogens is 1. The molecule has 3 rings (SSSR count). The minimum absolute atomic E-state index is 0.303. The van der Waals surface area contributed by atoms with Gasteiger partial charge in [-0.3, -0.25) is 9.59 Å². The summed E-state index contributed by atoms with van der Waals surface area (Å²) < 4.78 is 4.85. The molecule has 1 fully saturated rings. The van der Waals surface area contributed by atoms with E-state index in [4.69, 9.17) is 4.42 Å². The third kappa shape index (κ3) is 3.73. The standard InChI is InChI=1S/C17H20N4O3/c1-12(19-17(23)13-6-9-24-11-13)16(22)20-14-4-5-15(18-10-14)21-7-2-3-8-21/h4-6,9-12H,2-3,7-8H2,1H3,(H,19,23)(H,20,22)/t12-/m1/s1. The number of hydrogen-bond donors (Lipinski definition) is 2. The molecule has 1 aliphatic heterocycles. The summed E-state index contributed by atoms with van der Waals surface area (Å²) in [6, 6.07) is 4.59. The Balaban J connectivity index is 1.54. The van der Waals surface area contributed by atoms with E-state index < -0.39 is 6.04 Å². The Morgan fingerprint density at radius 3 is 2.67 bits per heavy atom. The molecule has 2 amide bonds. The molecule has 126 valence electrons. The fourth-order valence-corrected chi connectivity index (χ4v) is 2.58. The van der Waals surface area contributed by atoms with Crippen LogP contribution in [0.1, 0.15) is 30.1 Å². The Morgan fingerprint density at radius 1 is 1.25 bits per heavy atom. The van der Waals surface area contributed by atoms with Gasteiger partial charge in [0.1, 0.15) is 18.1 Å². The summed E-state index contributed by atoms with van der Waals surface area (Å²) in [5.74, 6) is 0.267. The normalized spacial score (nSPS) is 15.1. The van der Waals surface area contributed by atoms with E-state index in [1.54, 1.807) is 19.2 Å². The maximum atomic E-state index is 12.2. The van der Waals surface area contributed by atoms with Gasteiger partial charge >= 0.3 is 0 Å². The molecule has 24 heavy (non-hydrogen) atoms. The van der Waals surface area contributed by atoms with Gasteiger partial charge in [0.2, 0.25) is 5.91 Å². The lowest BCUT2D eigenvalue weighted by Crippen LogP contribution is -2.41. The molecule has 2 aromatic heterocycles. The molecular weight excluding hydrogens is 308 g/mol. The first kappa shape index (κ1) is 16.0. The number of hydrogen-bond acceptors (Lipinski definition) is 5. The van der Waals surface area contributed by atoms with Crippen LogP contribution in [0.2, 0.25) is 0 Å². The molecule has 0 unspecified atom stereocenters. The maximum absolute atomic E-state index is 12.2. The number of anilines is 2. The van der Waals surface area contributed by atoms with Crippen LogP contribution in [0, 0.1) is 0 Å². The Hall–Kier alpha value is -2.83. The van der Waals surface area contributed by atoms with E-state index >= 15 is 0 Å². The van der Waals surface area contributed by atoms with E-state index in [-0.39, 0.29) is 11.8 Å². The largest absolute Gasteiger partial charge is 0.472 e. The summed E-state index contributed by atoms with van der Waals surface area (Å²) in [5, 5.41) is 5.37. The van der Waals surface area contributed by atoms with Crippen LogP contribution in [0.4, 0.5) is 11.5 Å². The summed E-state index contributed by atoms with van der Waals surface area (Å²) in [7, 11) is 0. The van der Waals surface area contributed by atoms with Crippen LogP contribution >= 0.6 is 0 Å². The molecule has 0 aromatic carbocycles. The Labute approximate surface area is 140 Å². The lowest BCUT2D eigenvalue weighted by molar-refractivity contribution is -0.117. The van der Waals surface area contributed by atoms with Crippen LogP contribution in [-0.2, 0) is 4.79 Å². The van der Waals surface area contributed by atoms with Crippen LogP contribution in [0.25, 0.3) is 0 Å². The highest BCUT2D eigenvalue weighted by molar-refractivity contribution is 6.00. The summed E-state index contributed by atoms with van der Waals surface area (Å²) in [6.45, 7) is 3.67. The van der Waals surface area contributed by atoms with Gasteiger partial charge in [-0.2, -0.15) is 0 Å². The van der Waals surface area contributed by atoms with Crippen LogP contribution in [0.15, 0.2) is 41.3 Å². The smallest absolute Gasteiger partial charge is 0.255 e. The highest BCUT2D eigenvalue weighted by Crippen LogP contribution is 2.19. The highest BCUT2D eigenvalue weighted by atomic mass is 16.3. The monoisotopic (exact) mass is 328 g/mol. The molecule has 0 saturated carbocycles. The average Bonchev–Trinajstić information content (AvgIpc) is 3.29. The fourth-order valence-electron chi connectivity index (χ4n) is 2.58. The number of furan rings is 1. The molecular formula is C17H20N4O3. The highest BCUT2D eigenvalue weighted by Gasteiger charge is 2.18. The lowest BCUT2D eigenvalue weighted by Gasteiger charge is -2.17. The van der Waals surface area contributed by atoms with Gasteiger partial charge in [0, 0.05) is 13.1 Å². The minimum Gasteiger partial charge on any atom is -0.472 e. The number of carbonyl (C=O) groups excluding carboxylic acids is 2. The second kappa shape index (κ2) is 7.16. The van der Waals surface area contributed by atoms with Gasteiger partial charge < -0.3 is 20.0 Å². The molecule has 3 heterocycles. The van der Waals surface area contributed by atoms with Gasteiger partial charge in [-0.1, -0.05) is 0 Å². The van der Waals surface area contributed by atoms with Gasteiger partial charge in [0.25, 0.3) is 5.91 Å². The van der Waals surface area contributed by atoms with Gasteiger partial charge in [-0.05, 0) is 38.0 Å². The summed E-state index contributed by atoms with van der Waals surface area (Å²) in [6.07, 6.45) is 6.76. The molecule has 0 radical (unpaired) electrons. The quantitative estimate of drug-likeness (QED) is 0.877. The van der Waals surface area contributed by atoms with Crippen molar-refractivity contribution < 1.29 is 14.0 Å².